The third-order valence-electron chi connectivity index (χ3n) is 4.75. The molecule has 0 spiro atoms. The van der Waals surface area contributed by atoms with E-state index in [0.717, 1.165) is 16.8 Å². The highest BCUT2D eigenvalue weighted by Crippen LogP contribution is 2.30. The van der Waals surface area contributed by atoms with Crippen molar-refractivity contribution < 1.29 is 14.7 Å². The van der Waals surface area contributed by atoms with Gasteiger partial charge in [-0.3, -0.25) is 14.6 Å². The van der Waals surface area contributed by atoms with Crippen LogP contribution in [0.25, 0.3) is 0 Å². The van der Waals surface area contributed by atoms with Crippen molar-refractivity contribution in [3.8, 4) is 0 Å². The highest BCUT2D eigenvalue weighted by molar-refractivity contribution is 5.80. The third kappa shape index (κ3) is 4.24. The Morgan fingerprint density at radius 2 is 1.92 bits per heavy atom. The maximum absolute atomic E-state index is 12.7. The van der Waals surface area contributed by atoms with E-state index in [1.165, 1.54) is 0 Å². The maximum atomic E-state index is 12.7. The first-order valence-electron chi connectivity index (χ1n) is 8.50. The van der Waals surface area contributed by atoms with Gasteiger partial charge in [0.05, 0.1) is 12.3 Å². The highest BCUT2D eigenvalue weighted by Gasteiger charge is 2.34. The zero-order valence-electron chi connectivity index (χ0n) is 14.3. The van der Waals surface area contributed by atoms with Crippen LogP contribution < -0.4 is 0 Å². The zero-order chi connectivity index (χ0) is 17.8. The summed E-state index contributed by atoms with van der Waals surface area (Å²) in [6.07, 6.45) is 2.52. The molecule has 25 heavy (non-hydrogen) atoms. The average molecular weight is 338 g/mol. The van der Waals surface area contributed by atoms with Crippen molar-refractivity contribution in [1.29, 1.82) is 0 Å². The number of carbonyl (C=O) groups excluding carboxylic acids is 1. The number of piperidine rings is 1. The van der Waals surface area contributed by atoms with Crippen LogP contribution >= 0.6 is 0 Å². The van der Waals surface area contributed by atoms with Crippen LogP contribution in [0.1, 0.15) is 29.2 Å². The SMILES string of the molecule is Cc1ccc(CC(=O)N2C[C@H](C(=O)O)C[C@H](c3ccccc3)C2)cn1. The standard InChI is InChI=1S/C20H22N2O3/c1-14-7-8-15(11-21-14)9-19(23)22-12-17(10-18(13-22)20(24)25)16-5-3-2-4-6-16/h2-8,11,17-18H,9-10,12-13H2,1H3,(H,24,25)/t17-,18+/m0/s1. The van der Waals surface area contributed by atoms with E-state index in [2.05, 4.69) is 4.98 Å². The lowest BCUT2D eigenvalue weighted by Gasteiger charge is -2.36. The molecule has 1 aromatic carbocycles. The molecule has 0 aliphatic carbocycles. The number of nitrogens with zero attached hydrogens (tertiary/aromatic N) is 2. The lowest BCUT2D eigenvalue weighted by atomic mass is 9.84. The molecule has 2 aromatic rings. The lowest BCUT2D eigenvalue weighted by molar-refractivity contribution is -0.146. The second kappa shape index (κ2) is 7.47. The number of hydrogen-bond donors (Lipinski definition) is 1. The molecule has 1 aromatic heterocycles. The molecule has 1 amide bonds. The fourth-order valence-electron chi connectivity index (χ4n) is 3.34. The van der Waals surface area contributed by atoms with Crippen molar-refractivity contribution in [2.24, 2.45) is 5.92 Å². The number of hydrogen-bond acceptors (Lipinski definition) is 3. The third-order valence-corrected chi connectivity index (χ3v) is 4.75. The van der Waals surface area contributed by atoms with Crippen LogP contribution in [0.3, 0.4) is 0 Å². The van der Waals surface area contributed by atoms with Gasteiger partial charge in [-0.15, -0.1) is 0 Å². The van der Waals surface area contributed by atoms with Crippen molar-refractivity contribution in [2.45, 2.75) is 25.7 Å². The fourth-order valence-corrected chi connectivity index (χ4v) is 3.34. The Balaban J connectivity index is 1.75. The van der Waals surface area contributed by atoms with E-state index in [9.17, 15) is 14.7 Å². The number of aryl methyl sites for hydroxylation is 1. The number of aliphatic carboxylic acids is 1. The molecule has 1 fully saturated rings. The van der Waals surface area contributed by atoms with Gasteiger partial charge in [0.2, 0.25) is 5.91 Å². The molecule has 0 saturated carbocycles. The van der Waals surface area contributed by atoms with Gasteiger partial charge < -0.3 is 10.0 Å². The Hall–Kier alpha value is -2.69. The summed E-state index contributed by atoms with van der Waals surface area (Å²) in [7, 11) is 0. The van der Waals surface area contributed by atoms with Crippen molar-refractivity contribution in [1.82, 2.24) is 9.88 Å². The lowest BCUT2D eigenvalue weighted by Crippen LogP contribution is -2.46. The van der Waals surface area contributed by atoms with E-state index in [4.69, 9.17) is 0 Å². The summed E-state index contributed by atoms with van der Waals surface area (Å²) >= 11 is 0. The van der Waals surface area contributed by atoms with Crippen molar-refractivity contribution in [3.63, 3.8) is 0 Å². The monoisotopic (exact) mass is 338 g/mol. The van der Waals surface area contributed by atoms with Crippen molar-refractivity contribution in [3.05, 3.63) is 65.5 Å². The number of carbonyl (C=O) groups is 2. The predicted octanol–water partition coefficient (Wildman–Crippen LogP) is 2.65. The summed E-state index contributed by atoms with van der Waals surface area (Å²) in [5, 5.41) is 9.47. The molecule has 1 N–H and O–H groups in total. The van der Waals surface area contributed by atoms with Gasteiger partial charge >= 0.3 is 5.97 Å². The number of likely N-dealkylation sites (tertiary alicyclic amines) is 1. The molecule has 2 heterocycles. The summed E-state index contributed by atoms with van der Waals surface area (Å²) in [5.74, 6) is -1.36. The van der Waals surface area contributed by atoms with Gasteiger partial charge in [0.15, 0.2) is 0 Å². The second-order valence-electron chi connectivity index (χ2n) is 6.66. The number of rotatable bonds is 4. The van der Waals surface area contributed by atoms with E-state index in [1.807, 2.05) is 49.4 Å². The summed E-state index contributed by atoms with van der Waals surface area (Å²) in [6, 6.07) is 13.6. The topological polar surface area (TPSA) is 70.5 Å². The number of carboxylic acid groups (broad SMARTS) is 1. The minimum absolute atomic E-state index is 0.0439. The Kier molecular flexibility index (Phi) is 5.12. The zero-order valence-corrected chi connectivity index (χ0v) is 14.3. The minimum atomic E-state index is -0.838. The van der Waals surface area contributed by atoms with Crippen molar-refractivity contribution in [2.75, 3.05) is 13.1 Å². The smallest absolute Gasteiger partial charge is 0.308 e. The minimum Gasteiger partial charge on any atom is -0.481 e. The fraction of sp³-hybridized carbons (Fsp3) is 0.350. The van der Waals surface area contributed by atoms with E-state index in [0.29, 0.717) is 13.0 Å². The van der Waals surface area contributed by atoms with Crippen LogP contribution in [0, 0.1) is 12.8 Å². The summed E-state index contributed by atoms with van der Waals surface area (Å²) in [5.41, 5.74) is 2.84. The van der Waals surface area contributed by atoms with Crippen LogP contribution in [0.4, 0.5) is 0 Å². The number of aromatic nitrogens is 1. The molecule has 1 aliphatic rings. The summed E-state index contributed by atoms with van der Waals surface area (Å²) in [6.45, 7) is 2.74. The van der Waals surface area contributed by atoms with Crippen LogP contribution in [0.5, 0.6) is 0 Å². The molecule has 1 saturated heterocycles. The molecule has 130 valence electrons. The number of benzene rings is 1. The van der Waals surface area contributed by atoms with Gasteiger partial charge in [-0.05, 0) is 30.5 Å². The molecule has 5 nitrogen and oxygen atoms in total. The van der Waals surface area contributed by atoms with Crippen molar-refractivity contribution >= 4 is 11.9 Å². The van der Waals surface area contributed by atoms with Crippen LogP contribution in [0.2, 0.25) is 0 Å². The molecule has 2 atom stereocenters. The van der Waals surface area contributed by atoms with Gasteiger partial charge in [-0.2, -0.15) is 0 Å². The van der Waals surface area contributed by atoms with Gasteiger partial charge in [0, 0.05) is 30.9 Å². The molecule has 0 radical (unpaired) electrons. The Morgan fingerprint density at radius 1 is 1.16 bits per heavy atom. The second-order valence-corrected chi connectivity index (χ2v) is 6.66. The van der Waals surface area contributed by atoms with Crippen LogP contribution in [-0.4, -0.2) is 40.0 Å². The first kappa shape index (κ1) is 17.1. The van der Waals surface area contributed by atoms with Gasteiger partial charge in [0.1, 0.15) is 0 Å². The average Bonchev–Trinajstić information content (AvgIpc) is 2.64. The first-order valence-corrected chi connectivity index (χ1v) is 8.50. The molecule has 3 rings (SSSR count). The Bertz CT molecular complexity index is 743. The first-order chi connectivity index (χ1) is 12.0. The summed E-state index contributed by atoms with van der Waals surface area (Å²) in [4.78, 5) is 30.2. The molecule has 0 bridgehead atoms. The number of carboxylic acids is 1. The Morgan fingerprint density at radius 3 is 2.56 bits per heavy atom. The molecule has 5 heteroatoms. The molecular weight excluding hydrogens is 316 g/mol. The predicted molar refractivity (Wildman–Crippen MR) is 94.2 cm³/mol. The highest BCUT2D eigenvalue weighted by atomic mass is 16.4. The quantitative estimate of drug-likeness (QED) is 0.930. The Labute approximate surface area is 147 Å². The van der Waals surface area contributed by atoms with Gasteiger partial charge in [-0.1, -0.05) is 36.4 Å². The summed E-state index contributed by atoms with van der Waals surface area (Å²) < 4.78 is 0. The van der Waals surface area contributed by atoms with E-state index < -0.39 is 11.9 Å². The van der Waals surface area contributed by atoms with E-state index in [1.54, 1.807) is 11.1 Å². The van der Waals surface area contributed by atoms with Gasteiger partial charge in [-0.25, -0.2) is 0 Å². The van der Waals surface area contributed by atoms with Crippen LogP contribution in [0.15, 0.2) is 48.7 Å². The normalized spacial score (nSPS) is 20.3. The largest absolute Gasteiger partial charge is 0.481 e. The van der Waals surface area contributed by atoms with E-state index >= 15 is 0 Å². The number of amides is 1. The van der Waals surface area contributed by atoms with Crippen LogP contribution in [-0.2, 0) is 16.0 Å². The maximum Gasteiger partial charge on any atom is 0.308 e. The number of pyridine rings is 1. The molecule has 1 aliphatic heterocycles. The van der Waals surface area contributed by atoms with E-state index in [-0.39, 0.29) is 24.8 Å². The molecular formula is C20H22N2O3. The molecule has 0 unspecified atom stereocenters. The van der Waals surface area contributed by atoms with Gasteiger partial charge in [0.25, 0.3) is 0 Å².